The summed E-state index contributed by atoms with van der Waals surface area (Å²) in [6, 6.07) is 5.43. The van der Waals surface area contributed by atoms with Crippen LogP contribution in [0.15, 0.2) is 22.7 Å². The lowest BCUT2D eigenvalue weighted by Crippen LogP contribution is -2.43. The van der Waals surface area contributed by atoms with E-state index in [1.807, 2.05) is 12.1 Å². The smallest absolute Gasteiger partial charge is 0.224 e. The summed E-state index contributed by atoms with van der Waals surface area (Å²) in [4.78, 5) is 14.2. The molecule has 21 heavy (non-hydrogen) atoms. The van der Waals surface area contributed by atoms with Gasteiger partial charge >= 0.3 is 0 Å². The number of piperidine rings is 1. The van der Waals surface area contributed by atoms with Crippen LogP contribution < -0.4 is 11.1 Å². The van der Waals surface area contributed by atoms with Crippen LogP contribution in [0.3, 0.4) is 0 Å². The van der Waals surface area contributed by atoms with Crippen molar-refractivity contribution in [2.24, 2.45) is 11.7 Å². The first-order valence-electron chi connectivity index (χ1n) is 7.27. The summed E-state index contributed by atoms with van der Waals surface area (Å²) in [7, 11) is 0. The number of phenolic OH excluding ortho intramolecular Hbond substituents is 1. The van der Waals surface area contributed by atoms with Crippen molar-refractivity contribution in [1.29, 1.82) is 0 Å². The molecule has 0 aromatic heterocycles. The van der Waals surface area contributed by atoms with Crippen LogP contribution in [0, 0.1) is 5.92 Å². The van der Waals surface area contributed by atoms with E-state index in [9.17, 15) is 9.90 Å². The van der Waals surface area contributed by atoms with E-state index in [-0.39, 0.29) is 11.8 Å². The Bertz CT molecular complexity index is 496. The number of hydrogen-bond donors (Lipinski definition) is 3. The van der Waals surface area contributed by atoms with E-state index in [0.717, 1.165) is 36.0 Å². The molecule has 4 N–H and O–H groups in total. The van der Waals surface area contributed by atoms with E-state index in [0.29, 0.717) is 25.4 Å². The Hall–Kier alpha value is -1.11. The molecule has 0 radical (unpaired) electrons. The van der Waals surface area contributed by atoms with E-state index in [1.54, 1.807) is 6.07 Å². The molecule has 0 aliphatic carbocycles. The van der Waals surface area contributed by atoms with Gasteiger partial charge in [0.1, 0.15) is 5.75 Å². The van der Waals surface area contributed by atoms with Gasteiger partial charge in [0.15, 0.2) is 0 Å². The SMILES string of the molecule is NCCNC(=O)C1CCCN(Cc2cc(Br)ccc2O)C1. The number of nitrogens with one attached hydrogen (secondary N) is 1. The van der Waals surface area contributed by atoms with Gasteiger partial charge in [0, 0.05) is 36.2 Å². The van der Waals surface area contributed by atoms with Gasteiger partial charge in [-0.3, -0.25) is 9.69 Å². The third kappa shape index (κ3) is 4.69. The standard InChI is InChI=1S/C15H22BrN3O2/c16-13-3-4-14(20)12(8-13)10-19-7-1-2-11(9-19)15(21)18-6-5-17/h3-4,8,11,20H,1-2,5-7,9-10,17H2,(H,18,21). The van der Waals surface area contributed by atoms with Crippen LogP contribution in [-0.2, 0) is 11.3 Å². The molecular formula is C15H22BrN3O2. The van der Waals surface area contributed by atoms with Crippen molar-refractivity contribution < 1.29 is 9.90 Å². The lowest BCUT2D eigenvalue weighted by Gasteiger charge is -2.32. The Morgan fingerprint density at radius 3 is 3.10 bits per heavy atom. The van der Waals surface area contributed by atoms with Crippen molar-refractivity contribution in [1.82, 2.24) is 10.2 Å². The molecule has 1 fully saturated rings. The number of carbonyl (C=O) groups excluding carboxylic acids is 1. The van der Waals surface area contributed by atoms with Crippen molar-refractivity contribution in [3.63, 3.8) is 0 Å². The number of nitrogens with two attached hydrogens (primary N) is 1. The second-order valence-electron chi connectivity index (χ2n) is 5.43. The molecule has 1 aliphatic rings. The van der Waals surface area contributed by atoms with Crippen LogP contribution in [0.25, 0.3) is 0 Å². The van der Waals surface area contributed by atoms with Gasteiger partial charge in [-0.15, -0.1) is 0 Å². The maximum absolute atomic E-state index is 12.0. The van der Waals surface area contributed by atoms with E-state index in [2.05, 4.69) is 26.1 Å². The molecule has 0 spiro atoms. The van der Waals surface area contributed by atoms with Crippen LogP contribution in [-0.4, -0.2) is 42.1 Å². The first-order valence-corrected chi connectivity index (χ1v) is 8.07. The summed E-state index contributed by atoms with van der Waals surface area (Å²) in [5, 5.41) is 12.8. The highest BCUT2D eigenvalue weighted by atomic mass is 79.9. The Balaban J connectivity index is 1.94. The number of carbonyl (C=O) groups is 1. The van der Waals surface area contributed by atoms with Crippen LogP contribution in [0.1, 0.15) is 18.4 Å². The highest BCUT2D eigenvalue weighted by Crippen LogP contribution is 2.25. The van der Waals surface area contributed by atoms with Crippen molar-refractivity contribution in [2.45, 2.75) is 19.4 Å². The van der Waals surface area contributed by atoms with Gasteiger partial charge in [-0.05, 0) is 37.6 Å². The number of amides is 1. The molecule has 1 aromatic rings. The number of nitrogens with zero attached hydrogens (tertiary/aromatic N) is 1. The summed E-state index contributed by atoms with van der Waals surface area (Å²) in [6.45, 7) is 3.33. The first-order chi connectivity index (χ1) is 10.1. The fourth-order valence-corrected chi connectivity index (χ4v) is 3.08. The minimum Gasteiger partial charge on any atom is -0.508 e. The van der Waals surface area contributed by atoms with Crippen molar-refractivity contribution in [2.75, 3.05) is 26.2 Å². The number of benzene rings is 1. The van der Waals surface area contributed by atoms with Gasteiger partial charge in [0.2, 0.25) is 5.91 Å². The minimum atomic E-state index is 0.0135. The van der Waals surface area contributed by atoms with E-state index in [4.69, 9.17) is 5.73 Å². The second-order valence-corrected chi connectivity index (χ2v) is 6.34. The van der Waals surface area contributed by atoms with E-state index >= 15 is 0 Å². The first kappa shape index (κ1) is 16.3. The highest BCUT2D eigenvalue weighted by molar-refractivity contribution is 9.10. The Labute approximate surface area is 133 Å². The quantitative estimate of drug-likeness (QED) is 0.746. The van der Waals surface area contributed by atoms with Crippen LogP contribution in [0.5, 0.6) is 5.75 Å². The van der Waals surface area contributed by atoms with Crippen LogP contribution in [0.2, 0.25) is 0 Å². The number of hydrogen-bond acceptors (Lipinski definition) is 4. The lowest BCUT2D eigenvalue weighted by molar-refractivity contribution is -0.126. The van der Waals surface area contributed by atoms with Crippen molar-refractivity contribution in [3.05, 3.63) is 28.2 Å². The van der Waals surface area contributed by atoms with E-state index < -0.39 is 0 Å². The van der Waals surface area contributed by atoms with Gasteiger partial charge in [0.25, 0.3) is 0 Å². The average Bonchev–Trinajstić information content (AvgIpc) is 2.49. The second kappa shape index (κ2) is 7.77. The number of likely N-dealkylation sites (tertiary alicyclic amines) is 1. The molecule has 2 rings (SSSR count). The summed E-state index contributed by atoms with van der Waals surface area (Å²) >= 11 is 3.42. The molecule has 1 saturated heterocycles. The molecule has 0 saturated carbocycles. The summed E-state index contributed by atoms with van der Waals surface area (Å²) < 4.78 is 0.949. The molecule has 116 valence electrons. The molecule has 1 aliphatic heterocycles. The zero-order chi connectivity index (χ0) is 15.2. The van der Waals surface area contributed by atoms with Gasteiger partial charge in [-0.1, -0.05) is 15.9 Å². The van der Waals surface area contributed by atoms with Gasteiger partial charge in [-0.25, -0.2) is 0 Å². The minimum absolute atomic E-state index is 0.0135. The number of halogens is 1. The Morgan fingerprint density at radius 2 is 2.33 bits per heavy atom. The molecule has 5 nitrogen and oxygen atoms in total. The zero-order valence-corrected chi connectivity index (χ0v) is 13.6. The van der Waals surface area contributed by atoms with Crippen LogP contribution >= 0.6 is 15.9 Å². The fraction of sp³-hybridized carbons (Fsp3) is 0.533. The predicted molar refractivity (Wildman–Crippen MR) is 85.9 cm³/mol. The van der Waals surface area contributed by atoms with Gasteiger partial charge < -0.3 is 16.2 Å². The Kier molecular flexibility index (Phi) is 6.02. The normalized spacial score (nSPS) is 19.4. The van der Waals surface area contributed by atoms with E-state index in [1.165, 1.54) is 0 Å². The maximum atomic E-state index is 12.0. The average molecular weight is 356 g/mol. The van der Waals surface area contributed by atoms with Crippen LogP contribution in [0.4, 0.5) is 0 Å². The molecule has 1 amide bonds. The molecule has 0 bridgehead atoms. The zero-order valence-electron chi connectivity index (χ0n) is 12.0. The maximum Gasteiger partial charge on any atom is 0.224 e. The number of rotatable bonds is 5. The largest absolute Gasteiger partial charge is 0.508 e. The number of phenols is 1. The summed E-state index contributed by atoms with van der Waals surface area (Å²) in [5.74, 6) is 0.399. The lowest BCUT2D eigenvalue weighted by atomic mass is 9.96. The topological polar surface area (TPSA) is 78.6 Å². The van der Waals surface area contributed by atoms with Gasteiger partial charge in [-0.2, -0.15) is 0 Å². The van der Waals surface area contributed by atoms with Gasteiger partial charge in [0.05, 0.1) is 5.92 Å². The molecule has 1 unspecified atom stereocenters. The molecular weight excluding hydrogens is 334 g/mol. The third-order valence-corrected chi connectivity index (χ3v) is 4.25. The fourth-order valence-electron chi connectivity index (χ4n) is 2.67. The molecule has 6 heteroatoms. The number of aromatic hydroxyl groups is 1. The highest BCUT2D eigenvalue weighted by Gasteiger charge is 2.25. The molecule has 1 aromatic carbocycles. The predicted octanol–water partition coefficient (Wildman–Crippen LogP) is 1.44. The molecule has 1 heterocycles. The molecule has 1 atom stereocenters. The third-order valence-electron chi connectivity index (χ3n) is 3.76. The van der Waals surface area contributed by atoms with Crippen molar-refractivity contribution in [3.8, 4) is 5.75 Å². The summed E-state index contributed by atoms with van der Waals surface area (Å²) in [5.41, 5.74) is 6.29. The van der Waals surface area contributed by atoms with Crippen molar-refractivity contribution >= 4 is 21.8 Å². The monoisotopic (exact) mass is 355 g/mol. The summed E-state index contributed by atoms with van der Waals surface area (Å²) in [6.07, 6.45) is 1.91. The Morgan fingerprint density at radius 1 is 1.52 bits per heavy atom.